The van der Waals surface area contributed by atoms with Crippen LogP contribution in [0.4, 0.5) is 0 Å². The standard InChI is InChI=1S/C17H24O3/c1-12-7-8-14(19-4)13(11-12)16(2)9-6-10-17(16,3)15(18)20-5/h7-8,11H,6,9-10H2,1-5H3/t16-,17-/m1/s1. The maximum atomic E-state index is 12.3. The van der Waals surface area contributed by atoms with Crippen molar-refractivity contribution in [3.63, 3.8) is 0 Å². The van der Waals surface area contributed by atoms with Crippen molar-refractivity contribution in [1.82, 2.24) is 0 Å². The first-order valence-corrected chi connectivity index (χ1v) is 7.12. The molecule has 2 atom stereocenters. The number of carbonyl (C=O) groups is 1. The van der Waals surface area contributed by atoms with E-state index in [1.165, 1.54) is 12.7 Å². The minimum atomic E-state index is -0.497. The monoisotopic (exact) mass is 276 g/mol. The van der Waals surface area contributed by atoms with Crippen LogP contribution in [-0.2, 0) is 14.9 Å². The van der Waals surface area contributed by atoms with Gasteiger partial charge in [0.15, 0.2) is 0 Å². The molecule has 1 aliphatic carbocycles. The van der Waals surface area contributed by atoms with Gasteiger partial charge in [-0.05, 0) is 32.8 Å². The second-order valence-corrected chi connectivity index (χ2v) is 6.21. The SMILES string of the molecule is COC(=O)[C@@]1(C)CCC[C@]1(C)c1cc(C)ccc1OC. The lowest BCUT2D eigenvalue weighted by molar-refractivity contribution is -0.154. The van der Waals surface area contributed by atoms with E-state index in [1.807, 2.05) is 19.1 Å². The van der Waals surface area contributed by atoms with E-state index in [0.717, 1.165) is 30.6 Å². The topological polar surface area (TPSA) is 35.5 Å². The van der Waals surface area contributed by atoms with Gasteiger partial charge in [0.25, 0.3) is 0 Å². The summed E-state index contributed by atoms with van der Waals surface area (Å²) in [4.78, 5) is 12.3. The number of methoxy groups -OCH3 is 2. The summed E-state index contributed by atoms with van der Waals surface area (Å²) in [6.07, 6.45) is 2.85. The number of ether oxygens (including phenoxy) is 2. The lowest BCUT2D eigenvalue weighted by Crippen LogP contribution is -2.43. The number of benzene rings is 1. The van der Waals surface area contributed by atoms with Gasteiger partial charge in [-0.2, -0.15) is 0 Å². The van der Waals surface area contributed by atoms with Crippen molar-refractivity contribution in [3.05, 3.63) is 29.3 Å². The number of carbonyl (C=O) groups excluding carboxylic acids is 1. The molecule has 0 saturated heterocycles. The fourth-order valence-corrected chi connectivity index (χ4v) is 3.58. The van der Waals surface area contributed by atoms with E-state index in [9.17, 15) is 4.79 Å². The smallest absolute Gasteiger partial charge is 0.312 e. The second kappa shape index (κ2) is 5.12. The molecule has 0 bridgehead atoms. The summed E-state index contributed by atoms with van der Waals surface area (Å²) >= 11 is 0. The van der Waals surface area contributed by atoms with Gasteiger partial charge in [0, 0.05) is 11.0 Å². The van der Waals surface area contributed by atoms with E-state index in [1.54, 1.807) is 7.11 Å². The molecule has 1 saturated carbocycles. The largest absolute Gasteiger partial charge is 0.496 e. The van der Waals surface area contributed by atoms with E-state index in [0.29, 0.717) is 0 Å². The summed E-state index contributed by atoms with van der Waals surface area (Å²) < 4.78 is 10.6. The molecule has 1 aromatic rings. The molecule has 20 heavy (non-hydrogen) atoms. The quantitative estimate of drug-likeness (QED) is 0.791. The predicted octanol–water partition coefficient (Wildman–Crippen LogP) is 3.62. The molecule has 2 rings (SSSR count). The Labute approximate surface area is 121 Å². The summed E-state index contributed by atoms with van der Waals surface area (Å²) in [5.41, 5.74) is 1.55. The van der Waals surface area contributed by atoms with Crippen LogP contribution < -0.4 is 4.74 Å². The molecule has 0 spiro atoms. The van der Waals surface area contributed by atoms with Gasteiger partial charge in [-0.1, -0.05) is 31.0 Å². The van der Waals surface area contributed by atoms with Gasteiger partial charge in [0.05, 0.1) is 19.6 Å². The van der Waals surface area contributed by atoms with Crippen molar-refractivity contribution in [1.29, 1.82) is 0 Å². The number of aryl methyl sites for hydroxylation is 1. The van der Waals surface area contributed by atoms with Crippen LogP contribution in [-0.4, -0.2) is 20.2 Å². The molecule has 0 aliphatic heterocycles. The van der Waals surface area contributed by atoms with Gasteiger partial charge < -0.3 is 9.47 Å². The molecule has 0 radical (unpaired) electrons. The predicted molar refractivity (Wildman–Crippen MR) is 79.1 cm³/mol. The Morgan fingerprint density at radius 1 is 1.20 bits per heavy atom. The van der Waals surface area contributed by atoms with Crippen molar-refractivity contribution in [2.45, 2.75) is 45.4 Å². The van der Waals surface area contributed by atoms with Gasteiger partial charge in [0.2, 0.25) is 0 Å². The molecular weight excluding hydrogens is 252 g/mol. The Balaban J connectivity index is 2.59. The van der Waals surface area contributed by atoms with Crippen molar-refractivity contribution in [3.8, 4) is 5.75 Å². The van der Waals surface area contributed by atoms with Crippen LogP contribution in [0.1, 0.15) is 44.2 Å². The highest BCUT2D eigenvalue weighted by Crippen LogP contribution is 2.56. The minimum Gasteiger partial charge on any atom is -0.496 e. The van der Waals surface area contributed by atoms with E-state index in [2.05, 4.69) is 19.9 Å². The number of esters is 1. The number of hydrogen-bond acceptors (Lipinski definition) is 3. The third-order valence-electron chi connectivity index (χ3n) is 5.16. The van der Waals surface area contributed by atoms with E-state index < -0.39 is 5.41 Å². The van der Waals surface area contributed by atoms with Crippen LogP contribution in [0, 0.1) is 12.3 Å². The van der Waals surface area contributed by atoms with Crippen molar-refractivity contribution in [2.75, 3.05) is 14.2 Å². The Bertz CT molecular complexity index is 523. The lowest BCUT2D eigenvalue weighted by atomic mass is 9.63. The van der Waals surface area contributed by atoms with E-state index in [-0.39, 0.29) is 11.4 Å². The number of hydrogen-bond donors (Lipinski definition) is 0. The third-order valence-corrected chi connectivity index (χ3v) is 5.16. The Morgan fingerprint density at radius 3 is 2.50 bits per heavy atom. The zero-order valence-electron chi connectivity index (χ0n) is 13.1. The Hall–Kier alpha value is -1.51. The van der Waals surface area contributed by atoms with E-state index in [4.69, 9.17) is 9.47 Å². The molecule has 3 nitrogen and oxygen atoms in total. The van der Waals surface area contributed by atoms with Crippen molar-refractivity contribution in [2.24, 2.45) is 5.41 Å². The molecule has 0 aromatic heterocycles. The normalized spacial score (nSPS) is 29.2. The third kappa shape index (κ3) is 2.00. The van der Waals surface area contributed by atoms with Crippen LogP contribution >= 0.6 is 0 Å². The number of rotatable bonds is 3. The fourth-order valence-electron chi connectivity index (χ4n) is 3.58. The molecule has 0 heterocycles. The van der Waals surface area contributed by atoms with Gasteiger partial charge >= 0.3 is 5.97 Å². The molecule has 110 valence electrons. The minimum absolute atomic E-state index is 0.124. The first kappa shape index (κ1) is 14.9. The van der Waals surface area contributed by atoms with Crippen molar-refractivity contribution >= 4 is 5.97 Å². The van der Waals surface area contributed by atoms with Crippen LogP contribution in [0.15, 0.2) is 18.2 Å². The first-order chi connectivity index (χ1) is 9.39. The van der Waals surface area contributed by atoms with Crippen molar-refractivity contribution < 1.29 is 14.3 Å². The van der Waals surface area contributed by atoms with Crippen LogP contribution in [0.5, 0.6) is 5.75 Å². The Morgan fingerprint density at radius 2 is 1.90 bits per heavy atom. The molecule has 1 aliphatic rings. The summed E-state index contributed by atoms with van der Waals surface area (Å²) in [7, 11) is 3.15. The average Bonchev–Trinajstić information content (AvgIpc) is 2.76. The highest BCUT2D eigenvalue weighted by Gasteiger charge is 2.56. The second-order valence-electron chi connectivity index (χ2n) is 6.21. The molecule has 3 heteroatoms. The molecule has 1 fully saturated rings. The molecule has 0 unspecified atom stereocenters. The van der Waals surface area contributed by atoms with Crippen LogP contribution in [0.2, 0.25) is 0 Å². The van der Waals surface area contributed by atoms with Crippen LogP contribution in [0.3, 0.4) is 0 Å². The zero-order chi connectivity index (χ0) is 15.0. The zero-order valence-corrected chi connectivity index (χ0v) is 13.1. The molecule has 0 N–H and O–H groups in total. The van der Waals surface area contributed by atoms with Gasteiger partial charge in [0.1, 0.15) is 5.75 Å². The average molecular weight is 276 g/mol. The Kier molecular flexibility index (Phi) is 3.81. The first-order valence-electron chi connectivity index (χ1n) is 7.12. The summed E-state index contributed by atoms with van der Waals surface area (Å²) in [5, 5.41) is 0. The summed E-state index contributed by atoms with van der Waals surface area (Å²) in [6, 6.07) is 6.17. The summed E-state index contributed by atoms with van der Waals surface area (Å²) in [5.74, 6) is 0.733. The highest BCUT2D eigenvalue weighted by molar-refractivity contribution is 5.79. The lowest BCUT2D eigenvalue weighted by Gasteiger charge is -2.40. The molecule has 0 amide bonds. The maximum Gasteiger partial charge on any atom is 0.312 e. The van der Waals surface area contributed by atoms with Gasteiger partial charge in [-0.25, -0.2) is 0 Å². The molecule has 1 aromatic carbocycles. The maximum absolute atomic E-state index is 12.3. The molecular formula is C17H24O3. The van der Waals surface area contributed by atoms with E-state index >= 15 is 0 Å². The fraction of sp³-hybridized carbons (Fsp3) is 0.588. The van der Waals surface area contributed by atoms with Crippen LogP contribution in [0.25, 0.3) is 0 Å². The van der Waals surface area contributed by atoms with Gasteiger partial charge in [-0.15, -0.1) is 0 Å². The van der Waals surface area contributed by atoms with Gasteiger partial charge in [-0.3, -0.25) is 4.79 Å². The highest BCUT2D eigenvalue weighted by atomic mass is 16.5. The summed E-state index contributed by atoms with van der Waals surface area (Å²) in [6.45, 7) is 6.25.